The van der Waals surface area contributed by atoms with Gasteiger partial charge in [0.1, 0.15) is 0 Å². The van der Waals surface area contributed by atoms with Crippen LogP contribution < -0.4 is 10.6 Å². The Hall–Kier alpha value is -0.0800. The van der Waals surface area contributed by atoms with E-state index in [1.165, 1.54) is 0 Å². The molecule has 0 aromatic carbocycles. The van der Waals surface area contributed by atoms with Crippen LogP contribution in [0.25, 0.3) is 0 Å². The molecule has 0 amide bonds. The lowest BCUT2D eigenvalue weighted by molar-refractivity contribution is 0.128. The Morgan fingerprint density at radius 1 is 1.15 bits per heavy atom. The van der Waals surface area contributed by atoms with Crippen molar-refractivity contribution in [2.75, 3.05) is 46.6 Å². The van der Waals surface area contributed by atoms with Crippen molar-refractivity contribution in [2.45, 2.75) is 33.6 Å². The lowest BCUT2D eigenvalue weighted by Gasteiger charge is -2.12. The van der Waals surface area contributed by atoms with Gasteiger partial charge < -0.3 is 20.1 Å². The van der Waals surface area contributed by atoms with E-state index in [-0.39, 0.29) is 24.0 Å². The fraction of sp³-hybridized carbons (Fsp3) is 0.929. The average Bonchev–Trinajstić information content (AvgIpc) is 2.38. The highest BCUT2D eigenvalue weighted by molar-refractivity contribution is 14.0. The topological polar surface area (TPSA) is 54.9 Å². The highest BCUT2D eigenvalue weighted by atomic mass is 127. The standard InChI is InChI=1S/C14H31N3O2.HI/c1-5-15-14(16-8-6-10-18-4)17-9-12-19-11-7-13(2)3;/h13H,5-12H2,1-4H3,(H2,15,16,17);1H. The van der Waals surface area contributed by atoms with E-state index in [4.69, 9.17) is 9.47 Å². The summed E-state index contributed by atoms with van der Waals surface area (Å²) in [6, 6.07) is 0. The second kappa shape index (κ2) is 17.0. The monoisotopic (exact) mass is 401 g/mol. The first kappa shape index (κ1) is 22.2. The van der Waals surface area contributed by atoms with Crippen molar-refractivity contribution in [3.05, 3.63) is 0 Å². The quantitative estimate of drug-likeness (QED) is 0.241. The third-order valence-corrected chi connectivity index (χ3v) is 2.50. The Morgan fingerprint density at radius 3 is 2.50 bits per heavy atom. The maximum atomic E-state index is 5.55. The lowest BCUT2D eigenvalue weighted by Crippen LogP contribution is -2.39. The molecule has 0 aromatic rings. The summed E-state index contributed by atoms with van der Waals surface area (Å²) in [4.78, 5) is 4.46. The van der Waals surface area contributed by atoms with Crippen LogP contribution >= 0.6 is 24.0 Å². The molecule has 5 nitrogen and oxygen atoms in total. The molecule has 0 spiro atoms. The first-order valence-electron chi connectivity index (χ1n) is 7.29. The van der Waals surface area contributed by atoms with Gasteiger partial charge >= 0.3 is 0 Å². The maximum Gasteiger partial charge on any atom is 0.191 e. The zero-order chi connectivity index (χ0) is 14.3. The summed E-state index contributed by atoms with van der Waals surface area (Å²) in [6.07, 6.45) is 2.06. The number of aliphatic imine (C=N–C) groups is 1. The predicted molar refractivity (Wildman–Crippen MR) is 96.2 cm³/mol. The van der Waals surface area contributed by atoms with Crippen molar-refractivity contribution in [2.24, 2.45) is 10.9 Å². The molecule has 0 heterocycles. The Kier molecular flexibility index (Phi) is 18.8. The molecule has 20 heavy (non-hydrogen) atoms. The number of rotatable bonds is 11. The van der Waals surface area contributed by atoms with Crippen molar-refractivity contribution in [3.8, 4) is 0 Å². The third-order valence-electron chi connectivity index (χ3n) is 2.50. The van der Waals surface area contributed by atoms with Gasteiger partial charge in [0.25, 0.3) is 0 Å². The average molecular weight is 401 g/mol. The van der Waals surface area contributed by atoms with Gasteiger partial charge in [0, 0.05) is 40.0 Å². The van der Waals surface area contributed by atoms with Crippen LogP contribution in [-0.4, -0.2) is 52.5 Å². The highest BCUT2D eigenvalue weighted by Crippen LogP contribution is 1.98. The molecule has 0 aliphatic carbocycles. The van der Waals surface area contributed by atoms with E-state index in [1.807, 2.05) is 0 Å². The van der Waals surface area contributed by atoms with E-state index in [0.29, 0.717) is 5.92 Å². The number of hydrogen-bond acceptors (Lipinski definition) is 3. The number of guanidine groups is 1. The van der Waals surface area contributed by atoms with Crippen molar-refractivity contribution in [1.29, 1.82) is 0 Å². The molecule has 0 bridgehead atoms. The summed E-state index contributed by atoms with van der Waals surface area (Å²) >= 11 is 0. The van der Waals surface area contributed by atoms with Crippen molar-refractivity contribution in [3.63, 3.8) is 0 Å². The summed E-state index contributed by atoms with van der Waals surface area (Å²) in [5.74, 6) is 1.55. The van der Waals surface area contributed by atoms with Crippen LogP contribution in [0.5, 0.6) is 0 Å². The second-order valence-electron chi connectivity index (χ2n) is 4.83. The van der Waals surface area contributed by atoms with Gasteiger partial charge in [-0.25, -0.2) is 0 Å². The van der Waals surface area contributed by atoms with Gasteiger partial charge in [-0.05, 0) is 25.7 Å². The van der Waals surface area contributed by atoms with Crippen LogP contribution in [0, 0.1) is 5.92 Å². The zero-order valence-electron chi connectivity index (χ0n) is 13.4. The van der Waals surface area contributed by atoms with Crippen LogP contribution in [0.4, 0.5) is 0 Å². The maximum absolute atomic E-state index is 5.55. The largest absolute Gasteiger partial charge is 0.385 e. The highest BCUT2D eigenvalue weighted by Gasteiger charge is 1.97. The Balaban J connectivity index is 0. The van der Waals surface area contributed by atoms with Gasteiger partial charge in [0.15, 0.2) is 5.96 Å². The summed E-state index contributed by atoms with van der Waals surface area (Å²) in [7, 11) is 1.71. The van der Waals surface area contributed by atoms with Gasteiger partial charge in [-0.15, -0.1) is 24.0 Å². The third kappa shape index (κ3) is 16.0. The van der Waals surface area contributed by atoms with E-state index in [2.05, 4.69) is 36.4 Å². The minimum Gasteiger partial charge on any atom is -0.385 e. The fourth-order valence-corrected chi connectivity index (χ4v) is 1.40. The summed E-state index contributed by atoms with van der Waals surface area (Å²) in [5, 5.41) is 6.47. The molecular formula is C14H32IN3O2. The van der Waals surface area contributed by atoms with Crippen molar-refractivity contribution >= 4 is 29.9 Å². The smallest absolute Gasteiger partial charge is 0.191 e. The first-order chi connectivity index (χ1) is 9.20. The summed E-state index contributed by atoms with van der Waals surface area (Å²) < 4.78 is 10.5. The van der Waals surface area contributed by atoms with Crippen LogP contribution in [0.3, 0.4) is 0 Å². The predicted octanol–water partition coefficient (Wildman–Crippen LogP) is 2.26. The number of ether oxygens (including phenoxy) is 2. The molecule has 0 radical (unpaired) electrons. The molecule has 2 N–H and O–H groups in total. The molecule has 0 aromatic heterocycles. The minimum atomic E-state index is 0. The molecule has 0 rings (SSSR count). The summed E-state index contributed by atoms with van der Waals surface area (Å²) in [6.45, 7) is 11.2. The van der Waals surface area contributed by atoms with Gasteiger partial charge in [-0.1, -0.05) is 13.8 Å². The van der Waals surface area contributed by atoms with Crippen LogP contribution in [0.1, 0.15) is 33.6 Å². The number of hydrogen-bond donors (Lipinski definition) is 2. The lowest BCUT2D eigenvalue weighted by atomic mass is 10.1. The Labute approximate surface area is 141 Å². The van der Waals surface area contributed by atoms with E-state index < -0.39 is 0 Å². The van der Waals surface area contributed by atoms with Gasteiger partial charge in [-0.2, -0.15) is 0 Å². The van der Waals surface area contributed by atoms with Gasteiger partial charge in [0.2, 0.25) is 0 Å². The first-order valence-corrected chi connectivity index (χ1v) is 7.29. The number of nitrogens with one attached hydrogen (secondary N) is 2. The molecule has 0 aliphatic heterocycles. The Bertz CT molecular complexity index is 226. The molecule has 0 saturated heterocycles. The summed E-state index contributed by atoms with van der Waals surface area (Å²) in [5.41, 5.74) is 0. The molecule has 6 heteroatoms. The SMILES string of the molecule is CCNC(=NCCCOC)NCCOCCC(C)C.I. The van der Waals surface area contributed by atoms with Gasteiger partial charge in [-0.3, -0.25) is 4.99 Å². The normalized spacial score (nSPS) is 11.3. The fourth-order valence-electron chi connectivity index (χ4n) is 1.40. The van der Waals surface area contributed by atoms with Crippen LogP contribution in [0.15, 0.2) is 4.99 Å². The van der Waals surface area contributed by atoms with Gasteiger partial charge in [0.05, 0.1) is 6.61 Å². The van der Waals surface area contributed by atoms with Crippen molar-refractivity contribution < 1.29 is 9.47 Å². The molecular weight excluding hydrogens is 369 g/mol. The van der Waals surface area contributed by atoms with E-state index in [1.54, 1.807) is 7.11 Å². The molecule has 0 aliphatic rings. The number of halogens is 1. The van der Waals surface area contributed by atoms with E-state index in [9.17, 15) is 0 Å². The van der Waals surface area contributed by atoms with E-state index in [0.717, 1.165) is 58.3 Å². The number of methoxy groups -OCH3 is 1. The second-order valence-corrected chi connectivity index (χ2v) is 4.83. The minimum absolute atomic E-state index is 0. The molecule has 0 unspecified atom stereocenters. The van der Waals surface area contributed by atoms with Crippen LogP contribution in [-0.2, 0) is 9.47 Å². The number of nitrogens with zero attached hydrogens (tertiary/aromatic N) is 1. The molecule has 0 fully saturated rings. The zero-order valence-corrected chi connectivity index (χ0v) is 15.7. The van der Waals surface area contributed by atoms with E-state index >= 15 is 0 Å². The van der Waals surface area contributed by atoms with Crippen molar-refractivity contribution in [1.82, 2.24) is 10.6 Å². The Morgan fingerprint density at radius 2 is 1.90 bits per heavy atom. The molecule has 0 saturated carbocycles. The molecule has 122 valence electrons. The van der Waals surface area contributed by atoms with Crippen LogP contribution in [0.2, 0.25) is 0 Å². The molecule has 0 atom stereocenters.